The van der Waals surface area contributed by atoms with Gasteiger partial charge in [-0.3, -0.25) is 9.52 Å². The number of sulfonamides is 1. The molecule has 0 aromatic heterocycles. The molecule has 2 aromatic carbocycles. The van der Waals surface area contributed by atoms with Crippen LogP contribution in [0.15, 0.2) is 47.4 Å². The van der Waals surface area contributed by atoms with Crippen LogP contribution >= 0.6 is 0 Å². The molecule has 1 amide bonds. The zero-order valence-electron chi connectivity index (χ0n) is 15.0. The van der Waals surface area contributed by atoms with Gasteiger partial charge < -0.3 is 5.32 Å². The minimum atomic E-state index is -3.71. The average molecular weight is 360 g/mol. The molecule has 25 heavy (non-hydrogen) atoms. The van der Waals surface area contributed by atoms with Gasteiger partial charge in [-0.05, 0) is 62.6 Å². The highest BCUT2D eigenvalue weighted by molar-refractivity contribution is 7.92. The van der Waals surface area contributed by atoms with Gasteiger partial charge in [0.05, 0.1) is 10.6 Å². The monoisotopic (exact) mass is 360 g/mol. The normalized spacial score (nSPS) is 12.5. The molecule has 2 rings (SSSR count). The number of nitrogens with one attached hydrogen (secondary N) is 2. The van der Waals surface area contributed by atoms with Crippen molar-refractivity contribution in [3.8, 4) is 0 Å². The van der Waals surface area contributed by atoms with Crippen molar-refractivity contribution in [3.63, 3.8) is 0 Å². The molecule has 0 saturated heterocycles. The van der Waals surface area contributed by atoms with Gasteiger partial charge in [0.1, 0.15) is 0 Å². The summed E-state index contributed by atoms with van der Waals surface area (Å²) in [5, 5.41) is 2.85. The largest absolute Gasteiger partial charge is 0.350 e. The van der Waals surface area contributed by atoms with Gasteiger partial charge in [-0.15, -0.1) is 0 Å². The molecule has 0 aliphatic rings. The van der Waals surface area contributed by atoms with Gasteiger partial charge in [0, 0.05) is 11.6 Å². The molecule has 2 N–H and O–H groups in total. The molecule has 1 atom stereocenters. The predicted molar refractivity (Wildman–Crippen MR) is 100 cm³/mol. The molecule has 5 nitrogen and oxygen atoms in total. The Balaban J connectivity index is 2.22. The van der Waals surface area contributed by atoms with Gasteiger partial charge in [-0.1, -0.05) is 25.1 Å². The van der Waals surface area contributed by atoms with Crippen LogP contribution in [0.4, 0.5) is 5.69 Å². The van der Waals surface area contributed by atoms with Crippen LogP contribution in [0.25, 0.3) is 0 Å². The molecule has 1 unspecified atom stereocenters. The molecule has 6 heteroatoms. The topological polar surface area (TPSA) is 75.3 Å². The highest BCUT2D eigenvalue weighted by Crippen LogP contribution is 2.23. The van der Waals surface area contributed by atoms with E-state index in [1.807, 2.05) is 45.9 Å². The van der Waals surface area contributed by atoms with Crippen LogP contribution in [0.2, 0.25) is 0 Å². The molecule has 0 aliphatic carbocycles. The molecule has 0 radical (unpaired) electrons. The van der Waals surface area contributed by atoms with Gasteiger partial charge in [0.15, 0.2) is 0 Å². The molecule has 0 heterocycles. The molecular weight excluding hydrogens is 336 g/mol. The lowest BCUT2D eigenvalue weighted by molar-refractivity contribution is 0.0939. The number of para-hydroxylation sites is 1. The number of hydrogen-bond acceptors (Lipinski definition) is 3. The van der Waals surface area contributed by atoms with Gasteiger partial charge in [-0.2, -0.15) is 0 Å². The number of carbonyl (C=O) groups is 1. The van der Waals surface area contributed by atoms with Gasteiger partial charge in [0.25, 0.3) is 15.9 Å². The van der Waals surface area contributed by atoms with E-state index in [4.69, 9.17) is 0 Å². The van der Waals surface area contributed by atoms with E-state index in [0.717, 1.165) is 17.5 Å². The summed E-state index contributed by atoms with van der Waals surface area (Å²) < 4.78 is 27.8. The van der Waals surface area contributed by atoms with Crippen LogP contribution in [0.1, 0.15) is 41.8 Å². The Morgan fingerprint density at radius 1 is 1.04 bits per heavy atom. The molecule has 0 bridgehead atoms. The van der Waals surface area contributed by atoms with Crippen LogP contribution < -0.4 is 10.0 Å². The number of rotatable bonds is 6. The second kappa shape index (κ2) is 7.70. The molecular formula is C19H24N2O3S. The average Bonchev–Trinajstić information content (AvgIpc) is 2.58. The summed E-state index contributed by atoms with van der Waals surface area (Å²) in [7, 11) is -3.71. The molecule has 0 aliphatic heterocycles. The van der Waals surface area contributed by atoms with Crippen molar-refractivity contribution in [2.24, 2.45) is 0 Å². The molecule has 0 spiro atoms. The fourth-order valence-corrected chi connectivity index (χ4v) is 3.57. The standard InChI is InChI=1S/C19H24N2O3S/c1-5-15(4)20-19(22)16-9-11-17(12-10-16)25(23,24)21-18-13(2)7-6-8-14(18)3/h6-12,15,21H,5H2,1-4H3,(H,20,22). The lowest BCUT2D eigenvalue weighted by Gasteiger charge is -2.14. The summed E-state index contributed by atoms with van der Waals surface area (Å²) in [5.74, 6) is -0.207. The fourth-order valence-electron chi connectivity index (χ4n) is 2.36. The van der Waals surface area contributed by atoms with Gasteiger partial charge in [-0.25, -0.2) is 8.42 Å². The van der Waals surface area contributed by atoms with Crippen molar-refractivity contribution < 1.29 is 13.2 Å². The van der Waals surface area contributed by atoms with E-state index in [1.54, 1.807) is 0 Å². The smallest absolute Gasteiger partial charge is 0.261 e. The summed E-state index contributed by atoms with van der Waals surface area (Å²) >= 11 is 0. The Morgan fingerprint density at radius 2 is 1.60 bits per heavy atom. The van der Waals surface area contributed by atoms with Crippen LogP contribution in [-0.2, 0) is 10.0 Å². The van der Waals surface area contributed by atoms with Crippen molar-refractivity contribution in [1.29, 1.82) is 0 Å². The number of hydrogen-bond donors (Lipinski definition) is 2. The third kappa shape index (κ3) is 4.60. The number of anilines is 1. The lowest BCUT2D eigenvalue weighted by Crippen LogP contribution is -2.31. The summed E-state index contributed by atoms with van der Waals surface area (Å²) in [6, 6.07) is 11.6. The maximum atomic E-state index is 12.6. The van der Waals surface area contributed by atoms with Crippen LogP contribution in [0, 0.1) is 13.8 Å². The lowest BCUT2D eigenvalue weighted by atomic mass is 10.1. The highest BCUT2D eigenvalue weighted by atomic mass is 32.2. The first kappa shape index (κ1) is 19.0. The third-order valence-corrected chi connectivity index (χ3v) is 5.50. The van der Waals surface area contributed by atoms with Crippen molar-refractivity contribution in [2.45, 2.75) is 45.1 Å². The number of amides is 1. The Kier molecular flexibility index (Phi) is 5.85. The molecule has 0 fully saturated rings. The first-order valence-corrected chi connectivity index (χ1v) is 9.73. The highest BCUT2D eigenvalue weighted by Gasteiger charge is 2.17. The van der Waals surface area contributed by atoms with Crippen molar-refractivity contribution in [3.05, 3.63) is 59.2 Å². The first-order valence-electron chi connectivity index (χ1n) is 8.24. The maximum absolute atomic E-state index is 12.6. The van der Waals surface area contributed by atoms with Crippen LogP contribution in [0.5, 0.6) is 0 Å². The van der Waals surface area contributed by atoms with Crippen LogP contribution in [0.3, 0.4) is 0 Å². The van der Waals surface area contributed by atoms with Crippen molar-refractivity contribution in [2.75, 3.05) is 4.72 Å². The van der Waals surface area contributed by atoms with E-state index in [9.17, 15) is 13.2 Å². The van der Waals surface area contributed by atoms with E-state index >= 15 is 0 Å². The molecule has 2 aromatic rings. The summed E-state index contributed by atoms with van der Waals surface area (Å²) in [4.78, 5) is 12.2. The van der Waals surface area contributed by atoms with Gasteiger partial charge in [0.2, 0.25) is 0 Å². The third-order valence-electron chi connectivity index (χ3n) is 4.13. The van der Waals surface area contributed by atoms with E-state index in [1.165, 1.54) is 24.3 Å². The Labute approximate surface area is 149 Å². The Hall–Kier alpha value is -2.34. The first-order chi connectivity index (χ1) is 11.7. The van der Waals surface area contributed by atoms with E-state index < -0.39 is 10.0 Å². The quantitative estimate of drug-likeness (QED) is 0.826. The van der Waals surface area contributed by atoms with Crippen molar-refractivity contribution in [1.82, 2.24) is 5.32 Å². The zero-order chi connectivity index (χ0) is 18.6. The second-order valence-electron chi connectivity index (χ2n) is 6.18. The second-order valence-corrected chi connectivity index (χ2v) is 7.86. The van der Waals surface area contributed by atoms with E-state index in [0.29, 0.717) is 11.3 Å². The number of carbonyl (C=O) groups excluding carboxylic acids is 1. The maximum Gasteiger partial charge on any atom is 0.261 e. The summed E-state index contributed by atoms with van der Waals surface area (Å²) in [6.45, 7) is 7.62. The molecule has 134 valence electrons. The predicted octanol–water partition coefficient (Wildman–Crippen LogP) is 3.63. The Bertz CT molecular complexity index is 838. The van der Waals surface area contributed by atoms with E-state index in [-0.39, 0.29) is 16.8 Å². The van der Waals surface area contributed by atoms with E-state index in [2.05, 4.69) is 10.0 Å². The minimum Gasteiger partial charge on any atom is -0.350 e. The van der Waals surface area contributed by atoms with Gasteiger partial charge >= 0.3 is 0 Å². The zero-order valence-corrected chi connectivity index (χ0v) is 15.8. The fraction of sp³-hybridized carbons (Fsp3) is 0.316. The molecule has 0 saturated carbocycles. The number of aryl methyl sites for hydroxylation is 2. The Morgan fingerprint density at radius 3 is 2.12 bits per heavy atom. The van der Waals surface area contributed by atoms with Crippen molar-refractivity contribution >= 4 is 21.6 Å². The summed E-state index contributed by atoms with van der Waals surface area (Å²) in [6.07, 6.45) is 0.831. The SMILES string of the molecule is CCC(C)NC(=O)c1ccc(S(=O)(=O)Nc2c(C)cccc2C)cc1. The number of benzene rings is 2. The summed E-state index contributed by atoms with van der Waals surface area (Å²) in [5.41, 5.74) is 2.73. The van der Waals surface area contributed by atoms with Crippen LogP contribution in [-0.4, -0.2) is 20.4 Å². The minimum absolute atomic E-state index is 0.0709.